The predicted octanol–water partition coefficient (Wildman–Crippen LogP) is 1.90. The molecular formula is C16H16BrN5O2. The van der Waals surface area contributed by atoms with Crippen LogP contribution in [0, 0.1) is 0 Å². The molecule has 0 atom stereocenters. The second kappa shape index (κ2) is 7.39. The van der Waals surface area contributed by atoms with Gasteiger partial charge in [-0.25, -0.2) is 9.97 Å². The van der Waals surface area contributed by atoms with Gasteiger partial charge in [0.1, 0.15) is 11.5 Å². The average molecular weight is 390 g/mol. The molecule has 1 aromatic heterocycles. The second-order valence-electron chi connectivity index (χ2n) is 5.35. The van der Waals surface area contributed by atoms with E-state index < -0.39 is 0 Å². The molecule has 3 rings (SSSR count). The van der Waals surface area contributed by atoms with Gasteiger partial charge in [-0.1, -0.05) is 15.9 Å². The van der Waals surface area contributed by atoms with Gasteiger partial charge in [0, 0.05) is 36.3 Å². The van der Waals surface area contributed by atoms with Crippen molar-refractivity contribution in [2.24, 2.45) is 0 Å². The van der Waals surface area contributed by atoms with Gasteiger partial charge < -0.3 is 15.1 Å². The SMILES string of the molecule is O=CN1CCN(C(=O)c2cnc(Nc3ccc(Br)cc3)cn2)CC1. The summed E-state index contributed by atoms with van der Waals surface area (Å²) in [6.45, 7) is 2.12. The smallest absolute Gasteiger partial charge is 0.274 e. The van der Waals surface area contributed by atoms with Gasteiger partial charge in [0.25, 0.3) is 5.91 Å². The molecular weight excluding hydrogens is 374 g/mol. The van der Waals surface area contributed by atoms with Gasteiger partial charge in [0.15, 0.2) is 0 Å². The number of aromatic nitrogens is 2. The van der Waals surface area contributed by atoms with Crippen LogP contribution in [0.4, 0.5) is 11.5 Å². The summed E-state index contributed by atoms with van der Waals surface area (Å²) in [5, 5.41) is 3.13. The zero-order valence-electron chi connectivity index (χ0n) is 12.9. The third kappa shape index (κ3) is 3.88. The van der Waals surface area contributed by atoms with Crippen LogP contribution in [-0.2, 0) is 4.79 Å². The second-order valence-corrected chi connectivity index (χ2v) is 6.27. The van der Waals surface area contributed by atoms with Crippen molar-refractivity contribution >= 4 is 39.8 Å². The highest BCUT2D eigenvalue weighted by atomic mass is 79.9. The van der Waals surface area contributed by atoms with Gasteiger partial charge in [-0.05, 0) is 24.3 Å². The summed E-state index contributed by atoms with van der Waals surface area (Å²) in [5.74, 6) is 0.405. The maximum atomic E-state index is 12.4. The fourth-order valence-corrected chi connectivity index (χ4v) is 2.64. The fraction of sp³-hybridized carbons (Fsp3) is 0.250. The molecule has 24 heavy (non-hydrogen) atoms. The number of anilines is 2. The van der Waals surface area contributed by atoms with E-state index in [1.807, 2.05) is 24.3 Å². The number of benzene rings is 1. The quantitative estimate of drug-likeness (QED) is 0.807. The Balaban J connectivity index is 1.62. The van der Waals surface area contributed by atoms with Crippen LogP contribution >= 0.6 is 15.9 Å². The number of nitrogens with zero attached hydrogens (tertiary/aromatic N) is 4. The normalized spacial score (nSPS) is 14.4. The predicted molar refractivity (Wildman–Crippen MR) is 93.0 cm³/mol. The fourth-order valence-electron chi connectivity index (χ4n) is 2.38. The Morgan fingerprint density at radius 2 is 1.79 bits per heavy atom. The monoisotopic (exact) mass is 389 g/mol. The Bertz CT molecular complexity index is 712. The van der Waals surface area contributed by atoms with Gasteiger partial charge in [-0.15, -0.1) is 0 Å². The standard InChI is InChI=1S/C16H16BrN5O2/c17-12-1-3-13(4-2-12)20-15-10-18-14(9-19-15)16(24)22-7-5-21(11-23)6-8-22/h1-4,9-11H,5-8H2,(H,19,20). The van der Waals surface area contributed by atoms with Crippen LogP contribution in [0.5, 0.6) is 0 Å². The molecule has 1 fully saturated rings. The van der Waals surface area contributed by atoms with E-state index in [9.17, 15) is 9.59 Å². The summed E-state index contributed by atoms with van der Waals surface area (Å²) in [4.78, 5) is 34.9. The minimum atomic E-state index is -0.164. The Hall–Kier alpha value is -2.48. The molecule has 2 amide bonds. The van der Waals surface area contributed by atoms with Gasteiger partial charge >= 0.3 is 0 Å². The minimum Gasteiger partial charge on any atom is -0.342 e. The maximum absolute atomic E-state index is 12.4. The molecule has 1 aliphatic rings. The number of halogens is 1. The Morgan fingerprint density at radius 1 is 1.08 bits per heavy atom. The number of rotatable bonds is 4. The first-order chi connectivity index (χ1) is 11.7. The largest absolute Gasteiger partial charge is 0.342 e. The first kappa shape index (κ1) is 16.4. The number of piperazine rings is 1. The zero-order valence-corrected chi connectivity index (χ0v) is 14.4. The van der Waals surface area contributed by atoms with E-state index in [0.717, 1.165) is 16.6 Å². The van der Waals surface area contributed by atoms with Crippen LogP contribution in [0.25, 0.3) is 0 Å². The first-order valence-electron chi connectivity index (χ1n) is 7.49. The number of amides is 2. The third-order valence-corrected chi connectivity index (χ3v) is 4.27. The van der Waals surface area contributed by atoms with Crippen molar-refractivity contribution in [3.05, 3.63) is 46.8 Å². The van der Waals surface area contributed by atoms with E-state index in [4.69, 9.17) is 0 Å². The molecule has 0 radical (unpaired) electrons. The molecule has 0 aliphatic carbocycles. The molecule has 0 bridgehead atoms. The molecule has 2 heterocycles. The zero-order chi connectivity index (χ0) is 16.9. The van der Waals surface area contributed by atoms with E-state index in [-0.39, 0.29) is 5.91 Å². The number of hydrogen-bond donors (Lipinski definition) is 1. The summed E-state index contributed by atoms with van der Waals surface area (Å²) in [5.41, 5.74) is 1.19. The Morgan fingerprint density at radius 3 is 2.38 bits per heavy atom. The average Bonchev–Trinajstić information content (AvgIpc) is 2.64. The first-order valence-corrected chi connectivity index (χ1v) is 8.28. The van der Waals surface area contributed by atoms with E-state index in [0.29, 0.717) is 37.7 Å². The number of carbonyl (C=O) groups is 2. The van der Waals surface area contributed by atoms with Crippen molar-refractivity contribution in [3.8, 4) is 0 Å². The highest BCUT2D eigenvalue weighted by Crippen LogP contribution is 2.17. The summed E-state index contributed by atoms with van der Waals surface area (Å²) in [6.07, 6.45) is 3.82. The highest BCUT2D eigenvalue weighted by molar-refractivity contribution is 9.10. The van der Waals surface area contributed by atoms with Crippen LogP contribution in [0.2, 0.25) is 0 Å². The van der Waals surface area contributed by atoms with E-state index in [1.54, 1.807) is 9.80 Å². The molecule has 1 aromatic carbocycles. The summed E-state index contributed by atoms with van der Waals surface area (Å²) >= 11 is 3.38. The topological polar surface area (TPSA) is 78.4 Å². The molecule has 0 saturated carbocycles. The van der Waals surface area contributed by atoms with Crippen molar-refractivity contribution in [2.45, 2.75) is 0 Å². The maximum Gasteiger partial charge on any atom is 0.274 e. The highest BCUT2D eigenvalue weighted by Gasteiger charge is 2.22. The van der Waals surface area contributed by atoms with Gasteiger partial charge in [0.2, 0.25) is 6.41 Å². The van der Waals surface area contributed by atoms with Crippen molar-refractivity contribution in [1.82, 2.24) is 19.8 Å². The summed E-state index contributed by atoms with van der Waals surface area (Å²) in [7, 11) is 0. The Kier molecular flexibility index (Phi) is 5.05. The van der Waals surface area contributed by atoms with Gasteiger partial charge in [0.05, 0.1) is 12.4 Å². The molecule has 0 unspecified atom stereocenters. The molecule has 1 N–H and O–H groups in total. The third-order valence-electron chi connectivity index (χ3n) is 3.74. The lowest BCUT2D eigenvalue weighted by Gasteiger charge is -2.32. The number of carbonyl (C=O) groups excluding carboxylic acids is 2. The van der Waals surface area contributed by atoms with Crippen LogP contribution in [0.15, 0.2) is 41.1 Å². The molecule has 1 saturated heterocycles. The van der Waals surface area contributed by atoms with Crippen LogP contribution in [-0.4, -0.2) is 58.3 Å². The van der Waals surface area contributed by atoms with Crippen LogP contribution in [0.1, 0.15) is 10.5 Å². The number of nitrogens with one attached hydrogen (secondary N) is 1. The minimum absolute atomic E-state index is 0.164. The lowest BCUT2D eigenvalue weighted by atomic mass is 10.3. The summed E-state index contributed by atoms with van der Waals surface area (Å²) in [6, 6.07) is 7.67. The van der Waals surface area contributed by atoms with Crippen LogP contribution in [0.3, 0.4) is 0 Å². The van der Waals surface area contributed by atoms with E-state index >= 15 is 0 Å². The number of hydrogen-bond acceptors (Lipinski definition) is 5. The lowest BCUT2D eigenvalue weighted by Crippen LogP contribution is -2.48. The van der Waals surface area contributed by atoms with Crippen LogP contribution < -0.4 is 5.32 Å². The molecule has 0 spiro atoms. The molecule has 124 valence electrons. The van der Waals surface area contributed by atoms with Crippen molar-refractivity contribution < 1.29 is 9.59 Å². The molecule has 1 aliphatic heterocycles. The van der Waals surface area contributed by atoms with Gasteiger partial charge in [-0.2, -0.15) is 0 Å². The van der Waals surface area contributed by atoms with E-state index in [2.05, 4.69) is 31.2 Å². The van der Waals surface area contributed by atoms with Crippen molar-refractivity contribution in [1.29, 1.82) is 0 Å². The van der Waals surface area contributed by atoms with Crippen molar-refractivity contribution in [3.63, 3.8) is 0 Å². The van der Waals surface area contributed by atoms with Crippen molar-refractivity contribution in [2.75, 3.05) is 31.5 Å². The van der Waals surface area contributed by atoms with Gasteiger partial charge in [-0.3, -0.25) is 9.59 Å². The Labute approximate surface area is 147 Å². The molecule has 8 heteroatoms. The summed E-state index contributed by atoms with van der Waals surface area (Å²) < 4.78 is 0.995. The lowest BCUT2D eigenvalue weighted by molar-refractivity contribution is -0.119. The molecule has 2 aromatic rings. The van der Waals surface area contributed by atoms with E-state index in [1.165, 1.54) is 12.4 Å². The molecule has 7 nitrogen and oxygen atoms in total.